The molecule has 0 heterocycles. The molecule has 4 nitrogen and oxygen atoms in total. The predicted octanol–water partition coefficient (Wildman–Crippen LogP) is 4.84. The van der Waals surface area contributed by atoms with Gasteiger partial charge in [0.05, 0.1) is 20.3 Å². The Hall–Kier alpha value is -3.27. The molecule has 144 valence electrons. The van der Waals surface area contributed by atoms with Crippen LogP contribution < -0.4 is 14.8 Å². The van der Waals surface area contributed by atoms with Gasteiger partial charge in [-0.3, -0.25) is 4.79 Å². The smallest absolute Gasteiger partial charge is 0.252 e. The van der Waals surface area contributed by atoms with Crippen LogP contribution in [-0.2, 0) is 0 Å². The summed E-state index contributed by atoms with van der Waals surface area (Å²) in [7, 11) is 3.27. The zero-order valence-electron chi connectivity index (χ0n) is 16.7. The Kier molecular flexibility index (Phi) is 5.99. The third kappa shape index (κ3) is 4.52. The van der Waals surface area contributed by atoms with Gasteiger partial charge in [0.25, 0.3) is 5.91 Å². The summed E-state index contributed by atoms with van der Waals surface area (Å²) in [6.45, 7) is 3.99. The van der Waals surface area contributed by atoms with Gasteiger partial charge in [-0.25, -0.2) is 0 Å². The van der Waals surface area contributed by atoms with Gasteiger partial charge in [-0.05, 0) is 61.4 Å². The highest BCUT2D eigenvalue weighted by molar-refractivity contribution is 5.95. The molecule has 1 amide bonds. The summed E-state index contributed by atoms with van der Waals surface area (Å²) < 4.78 is 10.5. The molecule has 3 aromatic carbocycles. The number of benzene rings is 3. The Morgan fingerprint density at radius 3 is 1.57 bits per heavy atom. The van der Waals surface area contributed by atoms with E-state index in [0.29, 0.717) is 5.56 Å². The molecule has 0 radical (unpaired) electrons. The van der Waals surface area contributed by atoms with Crippen LogP contribution in [-0.4, -0.2) is 20.1 Å². The number of methoxy groups -OCH3 is 2. The average Bonchev–Trinajstić information content (AvgIpc) is 2.71. The molecule has 0 aliphatic rings. The second-order valence-electron chi connectivity index (χ2n) is 6.83. The predicted molar refractivity (Wildman–Crippen MR) is 111 cm³/mol. The van der Waals surface area contributed by atoms with E-state index in [2.05, 4.69) is 11.4 Å². The van der Waals surface area contributed by atoms with Crippen molar-refractivity contribution in [2.75, 3.05) is 14.2 Å². The van der Waals surface area contributed by atoms with Gasteiger partial charge in [-0.2, -0.15) is 0 Å². The van der Waals surface area contributed by atoms with E-state index in [4.69, 9.17) is 9.47 Å². The van der Waals surface area contributed by atoms with E-state index in [1.807, 2.05) is 74.5 Å². The Labute approximate surface area is 166 Å². The molecule has 0 saturated heterocycles. The van der Waals surface area contributed by atoms with Crippen LogP contribution in [0.15, 0.2) is 66.7 Å². The first kappa shape index (κ1) is 19.5. The molecule has 0 aliphatic carbocycles. The Morgan fingerprint density at radius 2 is 1.18 bits per heavy atom. The first-order chi connectivity index (χ1) is 13.5. The molecule has 0 atom stereocenters. The van der Waals surface area contributed by atoms with E-state index < -0.39 is 0 Å². The van der Waals surface area contributed by atoms with Crippen LogP contribution in [0.4, 0.5) is 0 Å². The average molecular weight is 375 g/mol. The summed E-state index contributed by atoms with van der Waals surface area (Å²) in [5.74, 6) is 1.44. The van der Waals surface area contributed by atoms with Gasteiger partial charge in [0.2, 0.25) is 0 Å². The molecule has 0 aromatic heterocycles. The summed E-state index contributed by atoms with van der Waals surface area (Å²) in [6, 6.07) is 21.0. The van der Waals surface area contributed by atoms with Gasteiger partial charge in [-0.15, -0.1) is 0 Å². The topological polar surface area (TPSA) is 47.6 Å². The monoisotopic (exact) mass is 375 g/mol. The SMILES string of the molecule is COc1ccc(C(NC(=O)c2cc(C)cc(C)c2)c2ccc(OC)cc2)cc1. The minimum Gasteiger partial charge on any atom is -0.497 e. The lowest BCUT2D eigenvalue weighted by atomic mass is 9.97. The first-order valence-electron chi connectivity index (χ1n) is 9.17. The van der Waals surface area contributed by atoms with Crippen LogP contribution in [0.2, 0.25) is 0 Å². The van der Waals surface area contributed by atoms with Crippen LogP contribution in [0.5, 0.6) is 11.5 Å². The zero-order valence-corrected chi connectivity index (χ0v) is 16.7. The van der Waals surface area contributed by atoms with Crippen molar-refractivity contribution in [1.29, 1.82) is 0 Å². The van der Waals surface area contributed by atoms with Gasteiger partial charge >= 0.3 is 0 Å². The molecule has 0 fully saturated rings. The van der Waals surface area contributed by atoms with E-state index in [-0.39, 0.29) is 11.9 Å². The van der Waals surface area contributed by atoms with Crippen molar-refractivity contribution in [2.45, 2.75) is 19.9 Å². The lowest BCUT2D eigenvalue weighted by Crippen LogP contribution is -2.29. The number of aryl methyl sites for hydroxylation is 2. The summed E-state index contributed by atoms with van der Waals surface area (Å²) in [5.41, 5.74) is 4.74. The van der Waals surface area contributed by atoms with Gasteiger partial charge < -0.3 is 14.8 Å². The quantitative estimate of drug-likeness (QED) is 0.671. The maximum atomic E-state index is 13.0. The minimum atomic E-state index is -0.287. The number of hydrogen-bond donors (Lipinski definition) is 1. The molecule has 4 heteroatoms. The summed E-state index contributed by atoms with van der Waals surface area (Å²) in [5, 5.41) is 3.17. The number of hydrogen-bond acceptors (Lipinski definition) is 3. The number of ether oxygens (including phenoxy) is 2. The molecule has 3 aromatic rings. The molecule has 28 heavy (non-hydrogen) atoms. The highest BCUT2D eigenvalue weighted by Gasteiger charge is 2.18. The van der Waals surface area contributed by atoms with Crippen molar-refractivity contribution in [3.63, 3.8) is 0 Å². The number of nitrogens with one attached hydrogen (secondary N) is 1. The second kappa shape index (κ2) is 8.61. The largest absolute Gasteiger partial charge is 0.497 e. The minimum absolute atomic E-state index is 0.108. The fraction of sp³-hybridized carbons (Fsp3) is 0.208. The van der Waals surface area contributed by atoms with Gasteiger partial charge in [0, 0.05) is 5.56 Å². The fourth-order valence-electron chi connectivity index (χ4n) is 3.27. The zero-order chi connectivity index (χ0) is 20.1. The van der Waals surface area contributed by atoms with Crippen LogP contribution in [0.25, 0.3) is 0 Å². The van der Waals surface area contributed by atoms with E-state index in [9.17, 15) is 4.79 Å². The van der Waals surface area contributed by atoms with Crippen molar-refractivity contribution in [3.05, 3.63) is 94.5 Å². The van der Waals surface area contributed by atoms with E-state index in [0.717, 1.165) is 33.8 Å². The molecular weight excluding hydrogens is 350 g/mol. The van der Waals surface area contributed by atoms with Gasteiger partial charge in [0.1, 0.15) is 11.5 Å². The van der Waals surface area contributed by atoms with E-state index in [1.54, 1.807) is 14.2 Å². The molecular formula is C24H25NO3. The van der Waals surface area contributed by atoms with Crippen LogP contribution in [0, 0.1) is 13.8 Å². The van der Waals surface area contributed by atoms with Crippen molar-refractivity contribution in [1.82, 2.24) is 5.32 Å². The Bertz CT molecular complexity index is 879. The standard InChI is InChI=1S/C24H25NO3/c1-16-13-17(2)15-20(14-16)24(26)25-23(18-5-9-21(27-3)10-6-18)19-7-11-22(28-4)12-8-19/h5-15,23H,1-4H3,(H,25,26). The maximum absolute atomic E-state index is 13.0. The van der Waals surface area contributed by atoms with Crippen LogP contribution in [0.3, 0.4) is 0 Å². The number of carbonyl (C=O) groups excluding carboxylic acids is 1. The van der Waals surface area contributed by atoms with E-state index in [1.165, 1.54) is 0 Å². The Balaban J connectivity index is 1.95. The van der Waals surface area contributed by atoms with Crippen LogP contribution >= 0.6 is 0 Å². The Morgan fingerprint density at radius 1 is 0.750 bits per heavy atom. The van der Waals surface area contributed by atoms with Crippen molar-refractivity contribution in [3.8, 4) is 11.5 Å². The summed E-state index contributed by atoms with van der Waals surface area (Å²) in [6.07, 6.45) is 0. The highest BCUT2D eigenvalue weighted by Crippen LogP contribution is 2.26. The molecule has 1 N–H and O–H groups in total. The lowest BCUT2D eigenvalue weighted by molar-refractivity contribution is 0.0943. The number of rotatable bonds is 6. The molecule has 3 rings (SSSR count). The fourth-order valence-corrected chi connectivity index (χ4v) is 3.27. The van der Waals surface area contributed by atoms with Crippen molar-refractivity contribution >= 4 is 5.91 Å². The summed E-state index contributed by atoms with van der Waals surface area (Å²) >= 11 is 0. The number of carbonyl (C=O) groups is 1. The highest BCUT2D eigenvalue weighted by atomic mass is 16.5. The second-order valence-corrected chi connectivity index (χ2v) is 6.83. The third-order valence-corrected chi connectivity index (χ3v) is 4.66. The van der Waals surface area contributed by atoms with Gasteiger partial charge in [-0.1, -0.05) is 41.5 Å². The normalized spacial score (nSPS) is 10.6. The third-order valence-electron chi connectivity index (χ3n) is 4.66. The molecule has 0 bridgehead atoms. The van der Waals surface area contributed by atoms with Crippen LogP contribution in [0.1, 0.15) is 38.7 Å². The molecule has 0 saturated carbocycles. The van der Waals surface area contributed by atoms with E-state index >= 15 is 0 Å². The first-order valence-corrected chi connectivity index (χ1v) is 9.17. The summed E-state index contributed by atoms with van der Waals surface area (Å²) in [4.78, 5) is 13.0. The molecule has 0 aliphatic heterocycles. The number of amides is 1. The van der Waals surface area contributed by atoms with Crippen molar-refractivity contribution < 1.29 is 14.3 Å². The lowest BCUT2D eigenvalue weighted by Gasteiger charge is -2.21. The van der Waals surface area contributed by atoms with Crippen molar-refractivity contribution in [2.24, 2.45) is 0 Å². The molecule has 0 spiro atoms. The maximum Gasteiger partial charge on any atom is 0.252 e. The molecule has 0 unspecified atom stereocenters. The van der Waals surface area contributed by atoms with Gasteiger partial charge in [0.15, 0.2) is 0 Å².